The molecule has 0 spiro atoms. The summed E-state index contributed by atoms with van der Waals surface area (Å²) in [4.78, 5) is 15.5. The second-order valence-corrected chi connectivity index (χ2v) is 5.97. The molecule has 0 unspecified atom stereocenters. The van der Waals surface area contributed by atoms with E-state index in [4.69, 9.17) is 14.2 Å². The van der Waals surface area contributed by atoms with Gasteiger partial charge in [0.25, 0.3) is 5.91 Å². The first kappa shape index (κ1) is 20.2. The van der Waals surface area contributed by atoms with Crippen molar-refractivity contribution in [3.05, 3.63) is 42.0 Å². The van der Waals surface area contributed by atoms with Crippen molar-refractivity contribution < 1.29 is 24.1 Å². The lowest BCUT2D eigenvalue weighted by Gasteiger charge is -2.16. The van der Waals surface area contributed by atoms with E-state index in [2.05, 4.69) is 15.2 Å². The molecule has 0 radical (unpaired) electrons. The van der Waals surface area contributed by atoms with Crippen LogP contribution in [-0.2, 0) is 0 Å². The number of aromatic hydroxyl groups is 1. The van der Waals surface area contributed by atoms with Crippen molar-refractivity contribution in [2.45, 2.75) is 20.8 Å². The predicted octanol–water partition coefficient (Wildman–Crippen LogP) is 4.99. The normalized spacial score (nSPS) is 11.1. The van der Waals surface area contributed by atoms with E-state index in [0.29, 0.717) is 48.0 Å². The third kappa shape index (κ3) is 4.31. The van der Waals surface area contributed by atoms with Crippen LogP contribution in [0.3, 0.4) is 0 Å². The maximum Gasteiger partial charge on any atom is 0.295 e. The van der Waals surface area contributed by atoms with E-state index in [0.717, 1.165) is 0 Å². The Morgan fingerprint density at radius 2 is 1.62 bits per heavy atom. The number of fused-ring (bicyclic) bond motifs is 1. The molecule has 0 saturated carbocycles. The lowest BCUT2D eigenvalue weighted by molar-refractivity contribution is 0.0994. The molecule has 0 aliphatic heterocycles. The summed E-state index contributed by atoms with van der Waals surface area (Å²) in [5.41, 5.74) is 1.14. The van der Waals surface area contributed by atoms with Gasteiger partial charge in [-0.15, -0.1) is 10.2 Å². The number of aromatic nitrogens is 1. The number of ether oxygens (including phenoxy) is 3. The molecule has 8 heteroatoms. The molecule has 0 fully saturated rings. The van der Waals surface area contributed by atoms with Gasteiger partial charge in [-0.05, 0) is 39.0 Å². The van der Waals surface area contributed by atoms with Gasteiger partial charge < -0.3 is 24.3 Å². The summed E-state index contributed by atoms with van der Waals surface area (Å²) < 4.78 is 16.9. The smallest absolute Gasteiger partial charge is 0.295 e. The van der Waals surface area contributed by atoms with Crippen LogP contribution in [0.15, 0.2) is 46.6 Å². The van der Waals surface area contributed by atoms with Crippen molar-refractivity contribution in [2.24, 2.45) is 10.2 Å². The number of hydrogen-bond acceptors (Lipinski definition) is 6. The van der Waals surface area contributed by atoms with Crippen molar-refractivity contribution in [1.29, 1.82) is 0 Å². The molecular formula is C21H23N3O5. The van der Waals surface area contributed by atoms with Gasteiger partial charge in [-0.25, -0.2) is 0 Å². The zero-order valence-electron chi connectivity index (χ0n) is 16.6. The van der Waals surface area contributed by atoms with Crippen LogP contribution < -0.4 is 14.2 Å². The molecule has 29 heavy (non-hydrogen) atoms. The van der Waals surface area contributed by atoms with Gasteiger partial charge in [-0.2, -0.15) is 0 Å². The SMILES string of the molecule is CCOc1cc(C(=O)N=Nc2c(O)[nH]c3ccccc23)cc(OCC)c1OCC. The number of benzene rings is 2. The van der Waals surface area contributed by atoms with Crippen molar-refractivity contribution in [3.8, 4) is 23.1 Å². The second kappa shape index (κ2) is 9.09. The number of H-pyrrole nitrogens is 1. The van der Waals surface area contributed by atoms with Crippen LogP contribution in [0.25, 0.3) is 10.9 Å². The maximum atomic E-state index is 12.7. The Kier molecular flexibility index (Phi) is 6.33. The Labute approximate surface area is 168 Å². The Hall–Kier alpha value is -3.55. The van der Waals surface area contributed by atoms with E-state index in [1.807, 2.05) is 32.9 Å². The highest BCUT2D eigenvalue weighted by Crippen LogP contribution is 2.40. The molecule has 3 rings (SSSR count). The number of nitrogens with zero attached hydrogens (tertiary/aromatic N) is 2. The zero-order chi connectivity index (χ0) is 20.8. The van der Waals surface area contributed by atoms with Crippen LogP contribution >= 0.6 is 0 Å². The first-order valence-corrected chi connectivity index (χ1v) is 9.41. The summed E-state index contributed by atoms with van der Waals surface area (Å²) in [7, 11) is 0. The maximum absolute atomic E-state index is 12.7. The van der Waals surface area contributed by atoms with E-state index in [1.165, 1.54) is 0 Å². The van der Waals surface area contributed by atoms with Gasteiger partial charge in [0.05, 0.1) is 30.9 Å². The minimum atomic E-state index is -0.598. The van der Waals surface area contributed by atoms with Gasteiger partial charge in [0, 0.05) is 5.39 Å². The van der Waals surface area contributed by atoms with Crippen molar-refractivity contribution in [2.75, 3.05) is 19.8 Å². The summed E-state index contributed by atoms with van der Waals surface area (Å²) in [6.07, 6.45) is 0. The minimum absolute atomic E-state index is 0.153. The highest BCUT2D eigenvalue weighted by atomic mass is 16.5. The van der Waals surface area contributed by atoms with Crippen LogP contribution in [-0.4, -0.2) is 35.8 Å². The van der Waals surface area contributed by atoms with Gasteiger partial charge >= 0.3 is 0 Å². The number of rotatable bonds is 8. The Morgan fingerprint density at radius 3 is 2.24 bits per heavy atom. The molecule has 3 aromatic rings. The second-order valence-electron chi connectivity index (χ2n) is 5.97. The average Bonchev–Trinajstić information content (AvgIpc) is 3.03. The van der Waals surface area contributed by atoms with E-state index in [1.54, 1.807) is 24.3 Å². The van der Waals surface area contributed by atoms with Crippen LogP contribution in [0.5, 0.6) is 23.1 Å². The minimum Gasteiger partial charge on any atom is -0.493 e. The van der Waals surface area contributed by atoms with Crippen molar-refractivity contribution in [1.82, 2.24) is 4.98 Å². The molecule has 1 amide bonds. The first-order chi connectivity index (χ1) is 14.1. The number of carbonyl (C=O) groups excluding carboxylic acids is 1. The van der Waals surface area contributed by atoms with Gasteiger partial charge in [0.2, 0.25) is 11.6 Å². The van der Waals surface area contributed by atoms with E-state index < -0.39 is 5.91 Å². The van der Waals surface area contributed by atoms with Crippen molar-refractivity contribution in [3.63, 3.8) is 0 Å². The largest absolute Gasteiger partial charge is 0.493 e. The molecular weight excluding hydrogens is 374 g/mol. The number of carbonyl (C=O) groups is 1. The zero-order valence-corrected chi connectivity index (χ0v) is 16.6. The molecule has 0 bridgehead atoms. The summed E-state index contributed by atoms with van der Waals surface area (Å²) >= 11 is 0. The fourth-order valence-electron chi connectivity index (χ4n) is 2.88. The molecule has 0 aliphatic carbocycles. The molecule has 2 N–H and O–H groups in total. The number of aromatic amines is 1. The molecule has 0 aliphatic rings. The lowest BCUT2D eigenvalue weighted by Crippen LogP contribution is -2.05. The molecule has 1 aromatic heterocycles. The fourth-order valence-corrected chi connectivity index (χ4v) is 2.88. The Balaban J connectivity index is 1.97. The van der Waals surface area contributed by atoms with E-state index >= 15 is 0 Å². The van der Waals surface area contributed by atoms with Crippen molar-refractivity contribution >= 4 is 22.5 Å². The highest BCUT2D eigenvalue weighted by Gasteiger charge is 2.19. The summed E-state index contributed by atoms with van der Waals surface area (Å²) in [5.74, 6) is 0.487. The van der Waals surface area contributed by atoms with Gasteiger partial charge in [-0.3, -0.25) is 4.79 Å². The van der Waals surface area contributed by atoms with Gasteiger partial charge in [0.1, 0.15) is 0 Å². The summed E-state index contributed by atoms with van der Waals surface area (Å²) in [6.45, 7) is 6.75. The topological polar surface area (TPSA) is 106 Å². The number of amides is 1. The van der Waals surface area contributed by atoms with E-state index in [-0.39, 0.29) is 17.1 Å². The van der Waals surface area contributed by atoms with E-state index in [9.17, 15) is 9.90 Å². The van der Waals surface area contributed by atoms with Crippen LogP contribution in [0, 0.1) is 0 Å². The third-order valence-corrected chi connectivity index (χ3v) is 4.06. The Morgan fingerprint density at radius 1 is 1.00 bits per heavy atom. The monoisotopic (exact) mass is 397 g/mol. The number of para-hydroxylation sites is 1. The summed E-state index contributed by atoms with van der Waals surface area (Å²) in [6, 6.07) is 10.3. The van der Waals surface area contributed by atoms with Crippen LogP contribution in [0.2, 0.25) is 0 Å². The molecule has 0 atom stereocenters. The van der Waals surface area contributed by atoms with Gasteiger partial charge in [0.15, 0.2) is 17.2 Å². The molecule has 2 aromatic carbocycles. The summed E-state index contributed by atoms with van der Waals surface area (Å²) in [5, 5.41) is 18.5. The quantitative estimate of drug-likeness (QED) is 0.521. The Bertz CT molecular complexity index is 1010. The lowest BCUT2D eigenvalue weighted by atomic mass is 10.1. The highest BCUT2D eigenvalue weighted by molar-refractivity contribution is 5.97. The molecule has 8 nitrogen and oxygen atoms in total. The predicted molar refractivity (Wildman–Crippen MR) is 109 cm³/mol. The first-order valence-electron chi connectivity index (χ1n) is 9.41. The van der Waals surface area contributed by atoms with Crippen LogP contribution in [0.4, 0.5) is 5.69 Å². The van der Waals surface area contributed by atoms with Gasteiger partial charge in [-0.1, -0.05) is 18.2 Å². The fraction of sp³-hybridized carbons (Fsp3) is 0.286. The molecule has 1 heterocycles. The number of hydrogen-bond donors (Lipinski definition) is 2. The molecule has 0 saturated heterocycles. The third-order valence-electron chi connectivity index (χ3n) is 4.06. The standard InChI is InChI=1S/C21H23N3O5/c1-4-27-16-11-13(12-17(28-5-2)19(16)29-6-3)20(25)24-23-18-14-9-7-8-10-15(14)22-21(18)26/h7-12,22,26H,4-6H2,1-3H3. The number of nitrogens with one attached hydrogen (secondary N) is 1. The molecule has 152 valence electrons. The average molecular weight is 397 g/mol. The van der Waals surface area contributed by atoms with Crippen LogP contribution in [0.1, 0.15) is 31.1 Å². The number of azo groups is 1.